The summed E-state index contributed by atoms with van der Waals surface area (Å²) in [6.45, 7) is 9.22. The summed E-state index contributed by atoms with van der Waals surface area (Å²) in [5, 5.41) is 3.46. The van der Waals surface area contributed by atoms with Crippen LogP contribution in [0.2, 0.25) is 0 Å². The molecule has 0 amide bonds. The summed E-state index contributed by atoms with van der Waals surface area (Å²) in [5.74, 6) is 2.51. The average Bonchev–Trinajstić information content (AvgIpc) is 2.06. The van der Waals surface area contributed by atoms with Crippen molar-refractivity contribution in [2.24, 2.45) is 0 Å². The van der Waals surface area contributed by atoms with E-state index in [4.69, 9.17) is 0 Å². The number of thioether (sulfide) groups is 1. The lowest BCUT2D eigenvalue weighted by Gasteiger charge is -2.11. The van der Waals surface area contributed by atoms with Crippen molar-refractivity contribution in [2.75, 3.05) is 18.1 Å². The summed E-state index contributed by atoms with van der Waals surface area (Å²) in [6.07, 6.45) is 4.31. The Kier molecular flexibility index (Phi) is 9.18. The molecule has 0 saturated heterocycles. The van der Waals surface area contributed by atoms with Crippen LogP contribution in [0.15, 0.2) is 12.7 Å². The Hall–Kier alpha value is 0.0500. The van der Waals surface area contributed by atoms with E-state index in [9.17, 15) is 0 Å². The summed E-state index contributed by atoms with van der Waals surface area (Å²) >= 11 is 2.02. The van der Waals surface area contributed by atoms with Gasteiger partial charge in [-0.2, -0.15) is 11.8 Å². The molecule has 0 saturated carbocycles. The number of hydrogen-bond donors (Lipinski definition) is 1. The molecular weight excluding hydrogens is 166 g/mol. The van der Waals surface area contributed by atoms with E-state index in [0.717, 1.165) is 13.0 Å². The van der Waals surface area contributed by atoms with E-state index in [1.54, 1.807) is 0 Å². The lowest BCUT2D eigenvalue weighted by Crippen LogP contribution is -2.27. The van der Waals surface area contributed by atoms with Gasteiger partial charge >= 0.3 is 0 Å². The summed E-state index contributed by atoms with van der Waals surface area (Å²) in [5.41, 5.74) is 0. The van der Waals surface area contributed by atoms with Crippen molar-refractivity contribution in [2.45, 2.75) is 32.7 Å². The minimum atomic E-state index is 0.656. The summed E-state index contributed by atoms with van der Waals surface area (Å²) in [6, 6.07) is 0.656. The highest BCUT2D eigenvalue weighted by Crippen LogP contribution is 2.03. The standard InChI is InChI=1S/C10H21NS/c1-4-6-8-11-10(3)7-9-12-5-2/h4,10-11H,1,5-9H2,2-3H3. The fourth-order valence-corrected chi connectivity index (χ4v) is 1.75. The zero-order chi connectivity index (χ0) is 9.23. The predicted octanol–water partition coefficient (Wildman–Crippen LogP) is 2.68. The highest BCUT2D eigenvalue weighted by atomic mass is 32.2. The SMILES string of the molecule is C=CCCNC(C)CCSCC. The van der Waals surface area contributed by atoms with Crippen LogP contribution in [0.4, 0.5) is 0 Å². The smallest absolute Gasteiger partial charge is 0.00467 e. The first-order valence-electron chi connectivity index (χ1n) is 4.73. The summed E-state index contributed by atoms with van der Waals surface area (Å²) in [4.78, 5) is 0. The Balaban J connectivity index is 3.09. The molecule has 0 spiro atoms. The maximum Gasteiger partial charge on any atom is 0.00467 e. The molecule has 1 N–H and O–H groups in total. The average molecular weight is 187 g/mol. The molecule has 0 aromatic heterocycles. The largest absolute Gasteiger partial charge is 0.314 e. The maximum atomic E-state index is 3.69. The summed E-state index contributed by atoms with van der Waals surface area (Å²) < 4.78 is 0. The molecule has 2 heteroatoms. The summed E-state index contributed by atoms with van der Waals surface area (Å²) in [7, 11) is 0. The van der Waals surface area contributed by atoms with Gasteiger partial charge in [-0.3, -0.25) is 0 Å². The normalized spacial score (nSPS) is 12.8. The first-order valence-corrected chi connectivity index (χ1v) is 5.88. The molecule has 0 aliphatic rings. The first-order chi connectivity index (χ1) is 5.81. The molecule has 0 aromatic carbocycles. The predicted molar refractivity (Wildman–Crippen MR) is 59.9 cm³/mol. The third kappa shape index (κ3) is 8.15. The van der Waals surface area contributed by atoms with Crippen LogP contribution in [-0.4, -0.2) is 24.1 Å². The van der Waals surface area contributed by atoms with Crippen molar-refractivity contribution in [3.8, 4) is 0 Å². The van der Waals surface area contributed by atoms with Gasteiger partial charge in [-0.15, -0.1) is 6.58 Å². The van der Waals surface area contributed by atoms with Crippen molar-refractivity contribution in [1.29, 1.82) is 0 Å². The van der Waals surface area contributed by atoms with Gasteiger partial charge in [0.05, 0.1) is 0 Å². The van der Waals surface area contributed by atoms with E-state index in [2.05, 4.69) is 25.7 Å². The molecule has 0 bridgehead atoms. The molecule has 1 atom stereocenters. The minimum absolute atomic E-state index is 0.656. The molecule has 0 rings (SSSR count). The molecule has 0 heterocycles. The van der Waals surface area contributed by atoms with Gasteiger partial charge in [-0.25, -0.2) is 0 Å². The van der Waals surface area contributed by atoms with Crippen molar-refractivity contribution in [1.82, 2.24) is 5.32 Å². The van der Waals surface area contributed by atoms with Gasteiger partial charge in [-0.1, -0.05) is 13.0 Å². The third-order valence-corrected chi connectivity index (χ3v) is 2.67. The van der Waals surface area contributed by atoms with E-state index in [1.165, 1.54) is 17.9 Å². The number of nitrogens with one attached hydrogen (secondary N) is 1. The first kappa shape index (κ1) is 12.0. The van der Waals surface area contributed by atoms with Crippen molar-refractivity contribution in [3.05, 3.63) is 12.7 Å². The van der Waals surface area contributed by atoms with Gasteiger partial charge in [0, 0.05) is 6.04 Å². The Bertz CT molecular complexity index is 104. The molecule has 12 heavy (non-hydrogen) atoms. The Labute approximate surface area is 81.0 Å². The highest BCUT2D eigenvalue weighted by Gasteiger charge is 1.98. The second-order valence-corrected chi connectivity index (χ2v) is 4.31. The van der Waals surface area contributed by atoms with E-state index in [1.807, 2.05) is 17.8 Å². The monoisotopic (exact) mass is 187 g/mol. The minimum Gasteiger partial charge on any atom is -0.314 e. The second kappa shape index (κ2) is 9.14. The van der Waals surface area contributed by atoms with Crippen LogP contribution in [0.1, 0.15) is 26.7 Å². The lowest BCUT2D eigenvalue weighted by atomic mass is 10.2. The molecule has 1 nitrogen and oxygen atoms in total. The topological polar surface area (TPSA) is 12.0 Å². The zero-order valence-corrected chi connectivity index (χ0v) is 9.12. The van der Waals surface area contributed by atoms with Crippen LogP contribution in [0.25, 0.3) is 0 Å². The van der Waals surface area contributed by atoms with E-state index >= 15 is 0 Å². The van der Waals surface area contributed by atoms with Crippen molar-refractivity contribution >= 4 is 11.8 Å². The van der Waals surface area contributed by atoms with Crippen LogP contribution >= 0.6 is 11.8 Å². The van der Waals surface area contributed by atoms with Gasteiger partial charge in [0.1, 0.15) is 0 Å². The molecule has 0 aliphatic heterocycles. The van der Waals surface area contributed by atoms with Crippen LogP contribution in [0.5, 0.6) is 0 Å². The van der Waals surface area contributed by atoms with E-state index in [0.29, 0.717) is 6.04 Å². The van der Waals surface area contributed by atoms with Gasteiger partial charge in [0.2, 0.25) is 0 Å². The van der Waals surface area contributed by atoms with Crippen LogP contribution in [-0.2, 0) is 0 Å². The zero-order valence-electron chi connectivity index (χ0n) is 8.31. The highest BCUT2D eigenvalue weighted by molar-refractivity contribution is 7.99. The van der Waals surface area contributed by atoms with Crippen molar-refractivity contribution in [3.63, 3.8) is 0 Å². The fraction of sp³-hybridized carbons (Fsp3) is 0.800. The molecule has 0 aliphatic carbocycles. The molecule has 0 radical (unpaired) electrons. The maximum absolute atomic E-state index is 3.69. The lowest BCUT2D eigenvalue weighted by molar-refractivity contribution is 0.544. The molecule has 72 valence electrons. The van der Waals surface area contributed by atoms with E-state index < -0.39 is 0 Å². The van der Waals surface area contributed by atoms with Crippen molar-refractivity contribution < 1.29 is 0 Å². The van der Waals surface area contributed by atoms with Crippen LogP contribution in [0.3, 0.4) is 0 Å². The Morgan fingerprint density at radius 3 is 2.92 bits per heavy atom. The second-order valence-electron chi connectivity index (χ2n) is 2.92. The van der Waals surface area contributed by atoms with Crippen LogP contribution in [0, 0.1) is 0 Å². The van der Waals surface area contributed by atoms with Gasteiger partial charge < -0.3 is 5.32 Å². The molecule has 1 unspecified atom stereocenters. The fourth-order valence-electron chi connectivity index (χ4n) is 0.938. The van der Waals surface area contributed by atoms with Crippen LogP contribution < -0.4 is 5.32 Å². The number of rotatable bonds is 8. The van der Waals surface area contributed by atoms with Gasteiger partial charge in [0.25, 0.3) is 0 Å². The number of hydrogen-bond acceptors (Lipinski definition) is 2. The molecule has 0 aromatic rings. The van der Waals surface area contributed by atoms with Gasteiger partial charge in [0.15, 0.2) is 0 Å². The quantitative estimate of drug-likeness (QED) is 0.463. The Morgan fingerprint density at radius 2 is 2.33 bits per heavy atom. The Morgan fingerprint density at radius 1 is 1.58 bits per heavy atom. The third-order valence-electron chi connectivity index (χ3n) is 1.74. The molecule has 0 fully saturated rings. The molecular formula is C10H21NS. The van der Waals surface area contributed by atoms with E-state index in [-0.39, 0.29) is 0 Å². The van der Waals surface area contributed by atoms with Gasteiger partial charge in [-0.05, 0) is 37.8 Å².